The van der Waals surface area contributed by atoms with Crippen LogP contribution in [0.4, 0.5) is 0 Å². The molecule has 4 aliphatic rings. The Morgan fingerprint density at radius 1 is 0.420 bits per heavy atom. The minimum absolute atomic E-state index is 0.234. The number of allylic oxidation sites excluding steroid dienone is 8. The molecule has 1 saturated carbocycles. The van der Waals surface area contributed by atoms with E-state index in [1.165, 1.54) is 11.1 Å². The Morgan fingerprint density at radius 2 is 0.960 bits per heavy atom. The van der Waals surface area contributed by atoms with Crippen molar-refractivity contribution in [2.75, 3.05) is 0 Å². The third-order valence-electron chi connectivity index (χ3n) is 11.2. The van der Waals surface area contributed by atoms with Crippen molar-refractivity contribution in [3.8, 4) is 56.5 Å². The highest BCUT2D eigenvalue weighted by Gasteiger charge is 2.62. The zero-order valence-electron chi connectivity index (χ0n) is 27.4. The molecule has 3 heteroatoms. The van der Waals surface area contributed by atoms with Gasteiger partial charge in [0, 0.05) is 33.2 Å². The topological polar surface area (TPSA) is 35.0 Å². The van der Waals surface area contributed by atoms with E-state index in [9.17, 15) is 0 Å². The summed E-state index contributed by atoms with van der Waals surface area (Å²) in [5, 5.41) is 0. The molecule has 1 spiro atoms. The van der Waals surface area contributed by atoms with Crippen molar-refractivity contribution in [2.24, 2.45) is 23.7 Å². The molecule has 1 aliphatic heterocycles. The first-order valence-corrected chi connectivity index (χ1v) is 17.5. The number of nitrogens with zero attached hydrogens (tertiary/aromatic N) is 2. The van der Waals surface area contributed by atoms with Gasteiger partial charge in [-0.3, -0.25) is 0 Å². The van der Waals surface area contributed by atoms with Gasteiger partial charge < -0.3 is 4.74 Å². The average molecular weight is 643 g/mol. The van der Waals surface area contributed by atoms with Crippen LogP contribution >= 0.6 is 0 Å². The van der Waals surface area contributed by atoms with Crippen molar-refractivity contribution in [3.05, 3.63) is 193 Å². The minimum atomic E-state index is -0.234. The summed E-state index contributed by atoms with van der Waals surface area (Å²) in [5.74, 6) is 4.08. The standard InChI is InChI=1S/C47H34N2O/c1-3-14-31(15-4-1)42-30-43(32-16-5-2-6-17-32)49-46(48-42)35-19-13-18-33(28-35)34-26-27-41-45(29-34)50-44-25-12-11-24-40(44)47(41)38-22-9-7-20-36(38)37-21-8-10-23-39(37)47/h1-30,36-39H. The maximum Gasteiger partial charge on any atom is 0.160 e. The maximum atomic E-state index is 6.82. The SMILES string of the molecule is C1=CC2C3C=CC=CC3C3(c4ccccc4Oc4cc(-c5cccc(-c6nc(-c7ccccc7)cc(-c7ccccc7)n6)c5)ccc43)C2C=C1. The van der Waals surface area contributed by atoms with Crippen molar-refractivity contribution >= 4 is 0 Å². The van der Waals surface area contributed by atoms with Crippen LogP contribution in [0.15, 0.2) is 182 Å². The van der Waals surface area contributed by atoms with E-state index in [-0.39, 0.29) is 5.41 Å². The number of ether oxygens (including phenoxy) is 1. The molecule has 1 aromatic heterocycles. The molecule has 6 aromatic rings. The Labute approximate surface area is 292 Å². The monoisotopic (exact) mass is 642 g/mol. The van der Waals surface area contributed by atoms with Crippen LogP contribution in [0.3, 0.4) is 0 Å². The van der Waals surface area contributed by atoms with E-state index < -0.39 is 0 Å². The van der Waals surface area contributed by atoms with Crippen LogP contribution in [0.2, 0.25) is 0 Å². The summed E-state index contributed by atoms with van der Waals surface area (Å²) in [7, 11) is 0. The van der Waals surface area contributed by atoms with E-state index in [0.29, 0.717) is 29.5 Å². The lowest BCUT2D eigenvalue weighted by atomic mass is 9.59. The third kappa shape index (κ3) is 4.43. The normalized spacial score (nSPS) is 23.5. The van der Waals surface area contributed by atoms with E-state index in [4.69, 9.17) is 14.7 Å². The largest absolute Gasteiger partial charge is 0.457 e. The van der Waals surface area contributed by atoms with Crippen molar-refractivity contribution < 1.29 is 4.74 Å². The van der Waals surface area contributed by atoms with Crippen LogP contribution in [0.5, 0.6) is 11.5 Å². The van der Waals surface area contributed by atoms with Gasteiger partial charge in [0.25, 0.3) is 0 Å². The molecule has 10 rings (SSSR count). The molecule has 3 nitrogen and oxygen atoms in total. The van der Waals surface area contributed by atoms with Gasteiger partial charge in [-0.1, -0.05) is 158 Å². The fourth-order valence-corrected chi connectivity index (χ4v) is 9.05. The second-order valence-electron chi connectivity index (χ2n) is 13.7. The molecule has 4 atom stereocenters. The zero-order valence-corrected chi connectivity index (χ0v) is 27.4. The molecule has 1 fully saturated rings. The molecular formula is C47H34N2O. The Kier molecular flexibility index (Phi) is 6.67. The molecule has 50 heavy (non-hydrogen) atoms. The molecular weight excluding hydrogens is 609 g/mol. The number of fused-ring (bicyclic) bond motifs is 9. The minimum Gasteiger partial charge on any atom is -0.457 e. The highest BCUT2D eigenvalue weighted by atomic mass is 16.5. The van der Waals surface area contributed by atoms with Gasteiger partial charge in [0.2, 0.25) is 0 Å². The van der Waals surface area contributed by atoms with E-state index in [1.54, 1.807) is 0 Å². The Morgan fingerprint density at radius 3 is 1.64 bits per heavy atom. The van der Waals surface area contributed by atoms with Gasteiger partial charge in [0.1, 0.15) is 11.5 Å². The molecule has 0 amide bonds. The third-order valence-corrected chi connectivity index (χ3v) is 11.2. The van der Waals surface area contributed by atoms with E-state index in [0.717, 1.165) is 50.7 Å². The molecule has 0 N–H and O–H groups in total. The van der Waals surface area contributed by atoms with E-state index in [1.807, 2.05) is 12.1 Å². The van der Waals surface area contributed by atoms with Gasteiger partial charge in [-0.05, 0) is 59.1 Å². The number of hydrogen-bond donors (Lipinski definition) is 0. The summed E-state index contributed by atoms with van der Waals surface area (Å²) in [6, 6.07) is 46.9. The number of benzene rings is 5. The quantitative estimate of drug-likeness (QED) is 0.192. The van der Waals surface area contributed by atoms with Crippen LogP contribution in [0, 0.1) is 23.7 Å². The summed E-state index contributed by atoms with van der Waals surface area (Å²) in [6.07, 6.45) is 18.7. The first-order chi connectivity index (χ1) is 24.8. The van der Waals surface area contributed by atoms with Crippen LogP contribution in [0.25, 0.3) is 45.0 Å². The maximum absolute atomic E-state index is 6.82. The highest BCUT2D eigenvalue weighted by molar-refractivity contribution is 5.76. The molecule has 0 radical (unpaired) electrons. The van der Waals surface area contributed by atoms with Gasteiger partial charge in [0.05, 0.1) is 11.4 Å². The first kappa shape index (κ1) is 28.9. The fourth-order valence-electron chi connectivity index (χ4n) is 9.05. The van der Waals surface area contributed by atoms with Gasteiger partial charge in [-0.25, -0.2) is 9.97 Å². The zero-order chi connectivity index (χ0) is 33.1. The summed E-state index contributed by atoms with van der Waals surface area (Å²) in [4.78, 5) is 10.2. The molecule has 5 aromatic carbocycles. The van der Waals surface area contributed by atoms with E-state index >= 15 is 0 Å². The predicted molar refractivity (Wildman–Crippen MR) is 202 cm³/mol. The average Bonchev–Trinajstić information content (AvgIpc) is 3.49. The molecule has 3 aliphatic carbocycles. The van der Waals surface area contributed by atoms with Crippen molar-refractivity contribution in [1.82, 2.24) is 9.97 Å². The molecule has 0 bridgehead atoms. The number of rotatable bonds is 4. The van der Waals surface area contributed by atoms with Crippen LogP contribution < -0.4 is 4.74 Å². The van der Waals surface area contributed by atoms with Gasteiger partial charge in [0.15, 0.2) is 5.82 Å². The first-order valence-electron chi connectivity index (χ1n) is 17.5. The molecule has 238 valence electrons. The Bertz CT molecular complexity index is 2290. The van der Waals surface area contributed by atoms with Crippen molar-refractivity contribution in [2.45, 2.75) is 5.41 Å². The number of hydrogen-bond acceptors (Lipinski definition) is 3. The lowest BCUT2D eigenvalue weighted by molar-refractivity contribution is 0.310. The Hall–Kier alpha value is -6.06. The Balaban J connectivity index is 1.10. The van der Waals surface area contributed by atoms with Gasteiger partial charge in [-0.15, -0.1) is 0 Å². The highest BCUT2D eigenvalue weighted by Crippen LogP contribution is 2.66. The lowest BCUT2D eigenvalue weighted by Crippen LogP contribution is -2.41. The summed E-state index contributed by atoms with van der Waals surface area (Å²) < 4.78 is 6.82. The van der Waals surface area contributed by atoms with Crippen molar-refractivity contribution in [1.29, 1.82) is 0 Å². The molecule has 2 heterocycles. The second-order valence-corrected chi connectivity index (χ2v) is 13.7. The van der Waals surface area contributed by atoms with Crippen LogP contribution in [-0.4, -0.2) is 9.97 Å². The number of aromatic nitrogens is 2. The van der Waals surface area contributed by atoms with Gasteiger partial charge in [-0.2, -0.15) is 0 Å². The lowest BCUT2D eigenvalue weighted by Gasteiger charge is -2.45. The summed E-state index contributed by atoms with van der Waals surface area (Å²) in [6.45, 7) is 0. The summed E-state index contributed by atoms with van der Waals surface area (Å²) >= 11 is 0. The predicted octanol–water partition coefficient (Wildman–Crippen LogP) is 11.3. The molecule has 4 unspecified atom stereocenters. The van der Waals surface area contributed by atoms with Crippen molar-refractivity contribution in [3.63, 3.8) is 0 Å². The number of para-hydroxylation sites is 1. The second kappa shape index (κ2) is 11.5. The van der Waals surface area contributed by atoms with Crippen LogP contribution in [0.1, 0.15) is 11.1 Å². The molecule has 0 saturated heterocycles. The van der Waals surface area contributed by atoms with Crippen LogP contribution in [-0.2, 0) is 5.41 Å². The smallest absolute Gasteiger partial charge is 0.160 e. The van der Waals surface area contributed by atoms with Gasteiger partial charge >= 0.3 is 0 Å². The fraction of sp³-hybridized carbons (Fsp3) is 0.106. The van der Waals surface area contributed by atoms with E-state index in [2.05, 4.69) is 170 Å². The summed E-state index contributed by atoms with van der Waals surface area (Å²) in [5.41, 5.74) is 9.42.